The summed E-state index contributed by atoms with van der Waals surface area (Å²) in [7, 11) is 0. The number of aromatic nitrogens is 5. The van der Waals surface area contributed by atoms with Crippen molar-refractivity contribution in [2.75, 3.05) is 11.4 Å². The van der Waals surface area contributed by atoms with Crippen LogP contribution in [0.15, 0.2) is 18.3 Å². The number of aromatic amines is 1. The summed E-state index contributed by atoms with van der Waals surface area (Å²) in [4.78, 5) is 57.1. The summed E-state index contributed by atoms with van der Waals surface area (Å²) in [5, 5.41) is 21.2. The zero-order chi connectivity index (χ0) is 27.2. The molecule has 0 saturated carbocycles. The lowest BCUT2D eigenvalue weighted by Crippen LogP contribution is -2.54. The van der Waals surface area contributed by atoms with Crippen LogP contribution in [0.2, 0.25) is 0 Å². The Kier molecular flexibility index (Phi) is 8.73. The molecule has 2 aromatic rings. The molecule has 4 N–H and O–H groups in total. The second-order valence-corrected chi connectivity index (χ2v) is 9.74. The highest BCUT2D eigenvalue weighted by molar-refractivity contribution is 6.04. The number of nitrogens with zero attached hydrogens (tertiary/aromatic N) is 5. The van der Waals surface area contributed by atoms with Crippen LogP contribution < -0.4 is 20.9 Å². The Labute approximate surface area is 214 Å². The molecule has 3 heterocycles. The number of pyridine rings is 1. The second kappa shape index (κ2) is 11.8. The van der Waals surface area contributed by atoms with Gasteiger partial charge in [0.15, 0.2) is 5.82 Å². The number of hydrogen-bond donors (Lipinski definition) is 4. The molecular weight excluding hydrogens is 482 g/mol. The minimum atomic E-state index is -0.911. The fraction of sp³-hybridized carbons (Fsp3) is 0.565. The molecule has 0 aliphatic carbocycles. The summed E-state index contributed by atoms with van der Waals surface area (Å²) < 4.78 is 5.28. The summed E-state index contributed by atoms with van der Waals surface area (Å²) in [6.07, 6.45) is 1.67. The van der Waals surface area contributed by atoms with Crippen molar-refractivity contribution < 1.29 is 23.9 Å². The van der Waals surface area contributed by atoms with Crippen molar-refractivity contribution in [3.05, 3.63) is 29.7 Å². The monoisotopic (exact) mass is 515 g/mol. The van der Waals surface area contributed by atoms with Crippen LogP contribution in [0.4, 0.5) is 10.6 Å². The van der Waals surface area contributed by atoms with Crippen LogP contribution in [-0.4, -0.2) is 73.7 Å². The molecule has 1 aliphatic rings. The SMILES string of the molecule is CC[C@H](C)[C@H](NC(=O)OC(C)(C)C)C(=O)NCC(=O)N1c2ncccc2C[C@H]1C(=O)NCc1nn[nH]n1. The van der Waals surface area contributed by atoms with Gasteiger partial charge in [0.05, 0.1) is 13.1 Å². The highest BCUT2D eigenvalue weighted by Gasteiger charge is 2.39. The molecule has 1 aliphatic heterocycles. The van der Waals surface area contributed by atoms with Crippen molar-refractivity contribution in [2.45, 2.75) is 71.7 Å². The third-order valence-corrected chi connectivity index (χ3v) is 5.78. The lowest BCUT2D eigenvalue weighted by atomic mass is 9.98. The van der Waals surface area contributed by atoms with Crippen LogP contribution in [-0.2, 0) is 32.1 Å². The molecule has 3 atom stereocenters. The van der Waals surface area contributed by atoms with Gasteiger partial charge >= 0.3 is 6.09 Å². The molecule has 0 saturated heterocycles. The van der Waals surface area contributed by atoms with Crippen LogP contribution in [0.5, 0.6) is 0 Å². The third kappa shape index (κ3) is 7.21. The smallest absolute Gasteiger partial charge is 0.408 e. The average Bonchev–Trinajstić information content (AvgIpc) is 3.50. The molecule has 3 rings (SSSR count). The summed E-state index contributed by atoms with van der Waals surface area (Å²) in [6, 6.07) is 1.73. The average molecular weight is 516 g/mol. The number of carbonyl (C=O) groups excluding carboxylic acids is 4. The number of amides is 4. The van der Waals surface area contributed by atoms with Crippen LogP contribution in [0.25, 0.3) is 0 Å². The number of nitrogens with one attached hydrogen (secondary N) is 4. The summed E-state index contributed by atoms with van der Waals surface area (Å²) in [5.41, 5.74) is -0.00242. The fourth-order valence-electron chi connectivity index (χ4n) is 3.79. The van der Waals surface area contributed by atoms with Crippen molar-refractivity contribution in [3.63, 3.8) is 0 Å². The standard InChI is InChI=1S/C23H33N9O5/c1-6-13(2)18(27-22(36)37-23(3,4)5)21(35)26-12-17(33)32-15(10-14-8-7-9-24-19(14)32)20(34)25-11-16-28-30-31-29-16/h7-9,13,15,18H,6,10-12H2,1-5H3,(H,25,34)(H,26,35)(H,27,36)(H,28,29,30,31)/t13-,15-,18-/m0/s1. The molecule has 0 unspecified atom stereocenters. The van der Waals surface area contributed by atoms with Crippen LogP contribution in [0, 0.1) is 5.92 Å². The molecular formula is C23H33N9O5. The van der Waals surface area contributed by atoms with E-state index in [0.29, 0.717) is 18.1 Å². The molecule has 37 heavy (non-hydrogen) atoms. The normalized spacial score (nSPS) is 16.4. The molecule has 4 amide bonds. The third-order valence-electron chi connectivity index (χ3n) is 5.78. The van der Waals surface area contributed by atoms with Crippen LogP contribution in [0.1, 0.15) is 52.4 Å². The summed E-state index contributed by atoms with van der Waals surface area (Å²) >= 11 is 0. The van der Waals surface area contributed by atoms with E-state index < -0.39 is 48.0 Å². The zero-order valence-corrected chi connectivity index (χ0v) is 21.6. The predicted molar refractivity (Wildman–Crippen MR) is 131 cm³/mol. The van der Waals surface area contributed by atoms with Gasteiger partial charge in [-0.05, 0) is 38.3 Å². The van der Waals surface area contributed by atoms with E-state index in [-0.39, 0.29) is 18.9 Å². The topological polar surface area (TPSA) is 184 Å². The molecule has 0 radical (unpaired) electrons. The number of carbonyl (C=O) groups is 4. The number of tetrazole rings is 1. The highest BCUT2D eigenvalue weighted by atomic mass is 16.6. The van der Waals surface area contributed by atoms with Gasteiger partial charge in [-0.25, -0.2) is 9.78 Å². The number of hydrogen-bond acceptors (Lipinski definition) is 9. The van der Waals surface area contributed by atoms with E-state index in [2.05, 4.69) is 41.6 Å². The van der Waals surface area contributed by atoms with Gasteiger partial charge in [0, 0.05) is 12.6 Å². The van der Waals surface area contributed by atoms with E-state index in [4.69, 9.17) is 4.74 Å². The van der Waals surface area contributed by atoms with E-state index in [9.17, 15) is 19.2 Å². The lowest BCUT2D eigenvalue weighted by molar-refractivity contribution is -0.128. The first kappa shape index (κ1) is 27.5. The summed E-state index contributed by atoms with van der Waals surface area (Å²) in [6.45, 7) is 8.50. The Morgan fingerprint density at radius 2 is 2.00 bits per heavy atom. The second-order valence-electron chi connectivity index (χ2n) is 9.74. The molecule has 0 fully saturated rings. The number of rotatable bonds is 9. The number of alkyl carbamates (subject to hydrolysis) is 1. The zero-order valence-electron chi connectivity index (χ0n) is 21.6. The van der Waals surface area contributed by atoms with Gasteiger partial charge in [-0.3, -0.25) is 19.3 Å². The predicted octanol–water partition coefficient (Wildman–Crippen LogP) is 0.224. The van der Waals surface area contributed by atoms with E-state index in [1.54, 1.807) is 32.9 Å². The lowest BCUT2D eigenvalue weighted by Gasteiger charge is -2.27. The first-order valence-corrected chi connectivity index (χ1v) is 12.0. The molecule has 2 aromatic heterocycles. The van der Waals surface area contributed by atoms with Gasteiger partial charge in [-0.1, -0.05) is 31.5 Å². The largest absolute Gasteiger partial charge is 0.444 e. The van der Waals surface area contributed by atoms with Gasteiger partial charge in [0.25, 0.3) is 0 Å². The van der Waals surface area contributed by atoms with Crippen molar-refractivity contribution in [2.24, 2.45) is 5.92 Å². The minimum Gasteiger partial charge on any atom is -0.444 e. The Balaban J connectivity index is 1.68. The van der Waals surface area contributed by atoms with Gasteiger partial charge in [0.1, 0.15) is 23.5 Å². The Hall–Kier alpha value is -4.10. The first-order valence-electron chi connectivity index (χ1n) is 12.0. The Morgan fingerprint density at radius 1 is 1.24 bits per heavy atom. The van der Waals surface area contributed by atoms with E-state index >= 15 is 0 Å². The number of fused-ring (bicyclic) bond motifs is 1. The van der Waals surface area contributed by atoms with Gasteiger partial charge < -0.3 is 20.7 Å². The maximum atomic E-state index is 13.3. The minimum absolute atomic E-state index is 0.0291. The molecule has 200 valence electrons. The van der Waals surface area contributed by atoms with E-state index in [0.717, 1.165) is 5.56 Å². The van der Waals surface area contributed by atoms with E-state index in [1.165, 1.54) is 11.1 Å². The van der Waals surface area contributed by atoms with Crippen molar-refractivity contribution >= 4 is 29.6 Å². The van der Waals surface area contributed by atoms with Crippen LogP contribution in [0.3, 0.4) is 0 Å². The maximum absolute atomic E-state index is 13.3. The molecule has 0 aromatic carbocycles. The summed E-state index contributed by atoms with van der Waals surface area (Å²) in [5.74, 6) is -1.06. The van der Waals surface area contributed by atoms with Crippen molar-refractivity contribution in [1.29, 1.82) is 0 Å². The quantitative estimate of drug-likeness (QED) is 0.363. The number of anilines is 1. The Morgan fingerprint density at radius 3 is 2.65 bits per heavy atom. The van der Waals surface area contributed by atoms with E-state index in [1.807, 2.05) is 13.8 Å². The molecule has 14 nitrogen and oxygen atoms in total. The van der Waals surface area contributed by atoms with Crippen LogP contribution >= 0.6 is 0 Å². The highest BCUT2D eigenvalue weighted by Crippen LogP contribution is 2.30. The Bertz CT molecular complexity index is 1120. The first-order chi connectivity index (χ1) is 17.5. The van der Waals surface area contributed by atoms with Crippen molar-refractivity contribution in [1.82, 2.24) is 41.6 Å². The van der Waals surface area contributed by atoms with Gasteiger partial charge in [-0.2, -0.15) is 5.21 Å². The van der Waals surface area contributed by atoms with Gasteiger partial charge in [-0.15, -0.1) is 10.2 Å². The van der Waals surface area contributed by atoms with Crippen molar-refractivity contribution in [3.8, 4) is 0 Å². The number of H-pyrrole nitrogens is 1. The fourth-order valence-corrected chi connectivity index (χ4v) is 3.79. The number of ether oxygens (including phenoxy) is 1. The molecule has 0 spiro atoms. The molecule has 14 heteroatoms. The maximum Gasteiger partial charge on any atom is 0.408 e. The van der Waals surface area contributed by atoms with Gasteiger partial charge in [0.2, 0.25) is 17.7 Å². The molecule has 0 bridgehead atoms.